The molecular weight excluding hydrogens is 372 g/mol. The highest BCUT2D eigenvalue weighted by Crippen LogP contribution is 2.30. The summed E-state index contributed by atoms with van der Waals surface area (Å²) in [4.78, 5) is 30.6. The summed E-state index contributed by atoms with van der Waals surface area (Å²) in [5.74, 6) is -1.27. The molecule has 5 nitrogen and oxygen atoms in total. The highest BCUT2D eigenvalue weighted by molar-refractivity contribution is 8.15. The van der Waals surface area contributed by atoms with E-state index < -0.39 is 11.1 Å². The second-order valence-electron chi connectivity index (χ2n) is 5.90. The van der Waals surface area contributed by atoms with Crippen molar-refractivity contribution in [3.05, 3.63) is 65.7 Å². The van der Waals surface area contributed by atoms with Gasteiger partial charge in [-0.1, -0.05) is 23.9 Å². The molecule has 1 aliphatic heterocycles. The predicted molar refractivity (Wildman–Crippen MR) is 101 cm³/mol. The summed E-state index contributed by atoms with van der Waals surface area (Å²) in [6.45, 7) is 0.201. The van der Waals surface area contributed by atoms with Crippen molar-refractivity contribution in [2.75, 3.05) is 7.05 Å². The third kappa shape index (κ3) is 4.71. The lowest BCUT2D eigenvalue weighted by Gasteiger charge is -2.31. The summed E-state index contributed by atoms with van der Waals surface area (Å²) in [7, 11) is 1.51. The SMILES string of the molecule is CNC(=O)[C@@H]1CC(=O)N(Cc2ccc(F)cc2)C(=Nc2ccc(F)cc2)S1. The molecule has 0 saturated carbocycles. The minimum absolute atomic E-state index is 0.0357. The van der Waals surface area contributed by atoms with Crippen LogP contribution >= 0.6 is 11.8 Å². The Labute approximate surface area is 159 Å². The molecule has 1 heterocycles. The van der Waals surface area contributed by atoms with Crippen molar-refractivity contribution in [2.45, 2.75) is 18.2 Å². The Balaban J connectivity index is 1.92. The average Bonchev–Trinajstić information content (AvgIpc) is 2.67. The van der Waals surface area contributed by atoms with Crippen LogP contribution in [0.1, 0.15) is 12.0 Å². The smallest absolute Gasteiger partial charge is 0.233 e. The summed E-state index contributed by atoms with van der Waals surface area (Å²) in [6.07, 6.45) is 0.0357. The molecule has 1 N–H and O–H groups in total. The minimum Gasteiger partial charge on any atom is -0.358 e. The van der Waals surface area contributed by atoms with Crippen LogP contribution in [0.3, 0.4) is 0 Å². The van der Waals surface area contributed by atoms with Gasteiger partial charge in [0.2, 0.25) is 11.8 Å². The van der Waals surface area contributed by atoms with Crippen molar-refractivity contribution in [3.8, 4) is 0 Å². The molecule has 2 amide bonds. The number of carbonyl (C=O) groups excluding carboxylic acids is 2. The van der Waals surface area contributed by atoms with Crippen LogP contribution in [-0.4, -0.2) is 34.2 Å². The number of benzene rings is 2. The number of hydrogen-bond acceptors (Lipinski definition) is 4. The van der Waals surface area contributed by atoms with E-state index in [9.17, 15) is 18.4 Å². The van der Waals surface area contributed by atoms with E-state index in [-0.39, 0.29) is 30.6 Å². The van der Waals surface area contributed by atoms with Crippen molar-refractivity contribution < 1.29 is 18.4 Å². The first kappa shape index (κ1) is 19.0. The molecular formula is C19H17F2N3O2S. The lowest BCUT2D eigenvalue weighted by molar-refractivity contribution is -0.130. The van der Waals surface area contributed by atoms with Crippen LogP contribution in [0.4, 0.5) is 14.5 Å². The van der Waals surface area contributed by atoms with Gasteiger partial charge in [-0.25, -0.2) is 13.8 Å². The fourth-order valence-electron chi connectivity index (χ4n) is 2.56. The Morgan fingerprint density at radius 2 is 1.74 bits per heavy atom. The first-order valence-electron chi connectivity index (χ1n) is 8.23. The number of hydrogen-bond donors (Lipinski definition) is 1. The van der Waals surface area contributed by atoms with Crippen molar-refractivity contribution in [2.24, 2.45) is 4.99 Å². The van der Waals surface area contributed by atoms with E-state index >= 15 is 0 Å². The molecule has 0 bridgehead atoms. The molecule has 140 valence electrons. The fraction of sp³-hybridized carbons (Fsp3) is 0.211. The van der Waals surface area contributed by atoms with E-state index in [1.54, 1.807) is 12.1 Å². The Kier molecular flexibility index (Phi) is 5.85. The largest absolute Gasteiger partial charge is 0.358 e. The maximum Gasteiger partial charge on any atom is 0.233 e. The molecule has 0 spiro atoms. The third-order valence-corrected chi connectivity index (χ3v) is 5.17. The van der Waals surface area contributed by atoms with Crippen LogP contribution in [0.15, 0.2) is 53.5 Å². The normalized spacial score (nSPS) is 18.6. The first-order valence-corrected chi connectivity index (χ1v) is 9.11. The molecule has 1 saturated heterocycles. The maximum atomic E-state index is 13.1. The topological polar surface area (TPSA) is 61.8 Å². The number of nitrogens with zero attached hydrogens (tertiary/aromatic N) is 2. The molecule has 0 aromatic heterocycles. The van der Waals surface area contributed by atoms with Crippen molar-refractivity contribution in [1.82, 2.24) is 10.2 Å². The van der Waals surface area contributed by atoms with Gasteiger partial charge in [0, 0.05) is 13.5 Å². The van der Waals surface area contributed by atoms with Gasteiger partial charge in [-0.05, 0) is 42.0 Å². The number of halogens is 2. The number of rotatable bonds is 4. The molecule has 0 radical (unpaired) electrons. The van der Waals surface area contributed by atoms with E-state index in [1.165, 1.54) is 60.1 Å². The fourth-order valence-corrected chi connectivity index (χ4v) is 3.71. The van der Waals surface area contributed by atoms with Gasteiger partial charge in [0.15, 0.2) is 5.17 Å². The number of thioether (sulfide) groups is 1. The van der Waals surface area contributed by atoms with Gasteiger partial charge < -0.3 is 5.32 Å². The Hall–Kier alpha value is -2.74. The van der Waals surface area contributed by atoms with Crippen molar-refractivity contribution in [3.63, 3.8) is 0 Å². The second kappa shape index (κ2) is 8.30. The quantitative estimate of drug-likeness (QED) is 0.873. The average molecular weight is 389 g/mol. The van der Waals surface area contributed by atoms with Gasteiger partial charge in [0.1, 0.15) is 11.6 Å². The molecule has 0 aliphatic carbocycles. The van der Waals surface area contributed by atoms with Crippen LogP contribution in [0.2, 0.25) is 0 Å². The monoisotopic (exact) mass is 389 g/mol. The van der Waals surface area contributed by atoms with Gasteiger partial charge in [0.05, 0.1) is 17.5 Å². The summed E-state index contributed by atoms with van der Waals surface area (Å²) < 4.78 is 26.3. The zero-order chi connectivity index (χ0) is 19.4. The summed E-state index contributed by atoms with van der Waals surface area (Å²) >= 11 is 1.17. The molecule has 1 fully saturated rings. The van der Waals surface area contributed by atoms with Crippen LogP contribution in [0.25, 0.3) is 0 Å². The standard InChI is InChI=1S/C19H17F2N3O2S/c1-22-18(26)16-10-17(25)24(11-12-2-4-13(20)5-3-12)19(27-16)23-15-8-6-14(21)7-9-15/h2-9,16H,10-11H2,1H3,(H,22,26)/t16-/m0/s1. The molecule has 3 rings (SSSR count). The van der Waals surface area contributed by atoms with E-state index in [0.717, 1.165) is 5.56 Å². The predicted octanol–water partition coefficient (Wildman–Crippen LogP) is 3.23. The Bertz CT molecular complexity index is 870. The molecule has 2 aromatic rings. The Morgan fingerprint density at radius 3 is 2.33 bits per heavy atom. The lowest BCUT2D eigenvalue weighted by atomic mass is 10.2. The van der Waals surface area contributed by atoms with Gasteiger partial charge in [0.25, 0.3) is 0 Å². The summed E-state index contributed by atoms with van der Waals surface area (Å²) in [5, 5.41) is 2.29. The summed E-state index contributed by atoms with van der Waals surface area (Å²) in [5.41, 5.74) is 1.20. The lowest BCUT2D eigenvalue weighted by Crippen LogP contribution is -2.45. The molecule has 1 atom stereocenters. The van der Waals surface area contributed by atoms with Crippen LogP contribution < -0.4 is 5.32 Å². The Morgan fingerprint density at radius 1 is 1.15 bits per heavy atom. The molecule has 8 heteroatoms. The summed E-state index contributed by atoms with van der Waals surface area (Å²) in [6, 6.07) is 11.4. The molecule has 1 aliphatic rings. The van der Waals surface area contributed by atoms with Gasteiger partial charge in [-0.2, -0.15) is 0 Å². The van der Waals surface area contributed by atoms with Gasteiger partial charge >= 0.3 is 0 Å². The number of nitrogens with one attached hydrogen (secondary N) is 1. The minimum atomic E-state index is -0.592. The number of amidine groups is 1. The van der Waals surface area contributed by atoms with Crippen molar-refractivity contribution in [1.29, 1.82) is 0 Å². The molecule has 2 aromatic carbocycles. The van der Waals surface area contributed by atoms with Crippen LogP contribution in [0.5, 0.6) is 0 Å². The van der Waals surface area contributed by atoms with Gasteiger partial charge in [-0.3, -0.25) is 14.5 Å². The van der Waals surface area contributed by atoms with E-state index in [0.29, 0.717) is 10.9 Å². The zero-order valence-electron chi connectivity index (χ0n) is 14.5. The molecule has 27 heavy (non-hydrogen) atoms. The first-order chi connectivity index (χ1) is 13.0. The number of carbonyl (C=O) groups is 2. The van der Waals surface area contributed by atoms with Crippen molar-refractivity contribution >= 4 is 34.4 Å². The highest BCUT2D eigenvalue weighted by atomic mass is 32.2. The number of aliphatic imine (C=N–C) groups is 1. The molecule has 0 unspecified atom stereocenters. The second-order valence-corrected chi connectivity index (χ2v) is 7.07. The highest BCUT2D eigenvalue weighted by Gasteiger charge is 2.35. The van der Waals surface area contributed by atoms with Crippen LogP contribution in [0, 0.1) is 11.6 Å². The third-order valence-electron chi connectivity index (χ3n) is 3.98. The van der Waals surface area contributed by atoms with E-state index in [1.807, 2.05) is 0 Å². The maximum absolute atomic E-state index is 13.1. The van der Waals surface area contributed by atoms with E-state index in [2.05, 4.69) is 10.3 Å². The number of amides is 2. The van der Waals surface area contributed by atoms with Crippen LogP contribution in [-0.2, 0) is 16.1 Å². The zero-order valence-corrected chi connectivity index (χ0v) is 15.3. The van der Waals surface area contributed by atoms with E-state index in [4.69, 9.17) is 0 Å². The van der Waals surface area contributed by atoms with Gasteiger partial charge in [-0.15, -0.1) is 0 Å².